The fraction of sp³-hybridized carbons (Fsp3) is 0.778. The molecule has 1 aromatic rings. The van der Waals surface area contributed by atoms with Gasteiger partial charge in [0.05, 0.1) is 29.7 Å². The van der Waals surface area contributed by atoms with Gasteiger partial charge in [-0.1, -0.05) is 12.8 Å². The summed E-state index contributed by atoms with van der Waals surface area (Å²) in [4.78, 5) is 0. The highest BCUT2D eigenvalue weighted by atomic mass is 32.1. The maximum atomic E-state index is 9.72. The van der Waals surface area contributed by atoms with Crippen LogP contribution in [0.2, 0.25) is 0 Å². The lowest BCUT2D eigenvalue weighted by molar-refractivity contribution is 0.0696. The third-order valence-electron chi connectivity index (χ3n) is 2.75. The quantitative estimate of drug-likeness (QED) is 0.785. The van der Waals surface area contributed by atoms with Gasteiger partial charge in [0.2, 0.25) is 0 Å². The van der Waals surface area contributed by atoms with Crippen LogP contribution in [0.1, 0.15) is 31.4 Å². The van der Waals surface area contributed by atoms with Gasteiger partial charge >= 0.3 is 0 Å². The van der Waals surface area contributed by atoms with Gasteiger partial charge < -0.3 is 5.11 Å². The van der Waals surface area contributed by atoms with Crippen molar-refractivity contribution in [1.82, 2.24) is 8.75 Å². The minimum Gasteiger partial charge on any atom is -0.393 e. The van der Waals surface area contributed by atoms with Crippen LogP contribution in [0, 0.1) is 5.92 Å². The molecule has 1 fully saturated rings. The van der Waals surface area contributed by atoms with E-state index in [1.54, 1.807) is 0 Å². The summed E-state index contributed by atoms with van der Waals surface area (Å²) in [6, 6.07) is 0. The number of hydrogen-bond donors (Lipinski definition) is 1. The zero-order chi connectivity index (χ0) is 9.10. The molecule has 0 bridgehead atoms. The van der Waals surface area contributed by atoms with E-state index >= 15 is 0 Å². The first kappa shape index (κ1) is 9.09. The van der Waals surface area contributed by atoms with E-state index in [2.05, 4.69) is 8.75 Å². The van der Waals surface area contributed by atoms with Crippen LogP contribution in [0.5, 0.6) is 0 Å². The maximum Gasteiger partial charge on any atom is 0.0746 e. The van der Waals surface area contributed by atoms with E-state index < -0.39 is 0 Å². The summed E-state index contributed by atoms with van der Waals surface area (Å²) < 4.78 is 8.13. The Morgan fingerprint density at radius 3 is 3.00 bits per heavy atom. The first-order valence-corrected chi connectivity index (χ1v) is 5.54. The number of aromatic nitrogens is 2. The zero-order valence-corrected chi connectivity index (χ0v) is 8.33. The molecule has 2 rings (SSSR count). The van der Waals surface area contributed by atoms with Gasteiger partial charge in [-0.15, -0.1) is 0 Å². The second-order valence-corrected chi connectivity index (χ2v) is 4.27. The molecule has 72 valence electrons. The maximum absolute atomic E-state index is 9.72. The summed E-state index contributed by atoms with van der Waals surface area (Å²) in [6.45, 7) is 0. The third kappa shape index (κ3) is 2.25. The Morgan fingerprint density at radius 1 is 1.46 bits per heavy atom. The van der Waals surface area contributed by atoms with Crippen molar-refractivity contribution >= 4 is 11.7 Å². The normalized spacial score (nSPS) is 29.0. The summed E-state index contributed by atoms with van der Waals surface area (Å²) in [7, 11) is 0. The van der Waals surface area contributed by atoms with Crippen molar-refractivity contribution in [1.29, 1.82) is 0 Å². The van der Waals surface area contributed by atoms with Gasteiger partial charge in [0.1, 0.15) is 0 Å². The fourth-order valence-electron chi connectivity index (χ4n) is 1.97. The first-order valence-electron chi connectivity index (χ1n) is 4.81. The summed E-state index contributed by atoms with van der Waals surface area (Å²) >= 11 is 1.25. The van der Waals surface area contributed by atoms with Crippen LogP contribution in [0.3, 0.4) is 0 Å². The van der Waals surface area contributed by atoms with E-state index in [0.717, 1.165) is 25.0 Å². The van der Waals surface area contributed by atoms with Crippen molar-refractivity contribution in [2.24, 2.45) is 5.92 Å². The number of aliphatic hydroxyl groups is 1. The second kappa shape index (κ2) is 4.15. The molecule has 1 aliphatic carbocycles. The predicted octanol–water partition coefficient (Wildman–Crippen LogP) is 1.63. The molecule has 3 nitrogen and oxygen atoms in total. The first-order chi connectivity index (χ1) is 6.36. The van der Waals surface area contributed by atoms with E-state index in [1.165, 1.54) is 24.6 Å². The van der Waals surface area contributed by atoms with Crippen molar-refractivity contribution in [2.45, 2.75) is 38.2 Å². The molecule has 1 aliphatic rings. The molecule has 4 heteroatoms. The van der Waals surface area contributed by atoms with Crippen LogP contribution in [0.4, 0.5) is 0 Å². The highest BCUT2D eigenvalue weighted by molar-refractivity contribution is 6.99. The molecule has 1 N–H and O–H groups in total. The van der Waals surface area contributed by atoms with E-state index in [1.807, 2.05) is 6.20 Å². The predicted molar refractivity (Wildman–Crippen MR) is 51.6 cm³/mol. The molecule has 1 aromatic heterocycles. The smallest absolute Gasteiger partial charge is 0.0746 e. The molecular formula is C9H14N2OS. The van der Waals surface area contributed by atoms with Crippen LogP contribution >= 0.6 is 11.7 Å². The number of hydrogen-bond acceptors (Lipinski definition) is 4. The summed E-state index contributed by atoms with van der Waals surface area (Å²) in [5.74, 6) is 0.414. The molecule has 13 heavy (non-hydrogen) atoms. The van der Waals surface area contributed by atoms with Crippen molar-refractivity contribution in [3.8, 4) is 0 Å². The van der Waals surface area contributed by atoms with Gasteiger partial charge in [0.15, 0.2) is 0 Å². The summed E-state index contributed by atoms with van der Waals surface area (Å²) in [5.41, 5.74) is 1.04. The summed E-state index contributed by atoms with van der Waals surface area (Å²) in [6.07, 6.45) is 7.12. The lowest BCUT2D eigenvalue weighted by Crippen LogP contribution is -2.26. The molecule has 1 saturated carbocycles. The number of nitrogens with zero attached hydrogens (tertiary/aromatic N) is 2. The van der Waals surface area contributed by atoms with Gasteiger partial charge in [-0.2, -0.15) is 8.75 Å². The highest BCUT2D eigenvalue weighted by Gasteiger charge is 2.23. The van der Waals surface area contributed by atoms with E-state index in [4.69, 9.17) is 0 Å². The molecule has 0 aromatic carbocycles. The largest absolute Gasteiger partial charge is 0.393 e. The molecule has 0 radical (unpaired) electrons. The fourth-order valence-corrected chi connectivity index (χ4v) is 2.41. The topological polar surface area (TPSA) is 46.0 Å². The molecule has 1 heterocycles. The second-order valence-electron chi connectivity index (χ2n) is 3.71. The minimum atomic E-state index is -0.115. The SMILES string of the molecule is O[C@@H]1CCCC[C@H]1Cc1cnsn1. The van der Waals surface area contributed by atoms with Crippen molar-refractivity contribution < 1.29 is 5.11 Å². The number of aliphatic hydroxyl groups excluding tert-OH is 1. The Balaban J connectivity index is 1.93. The van der Waals surface area contributed by atoms with E-state index in [-0.39, 0.29) is 6.10 Å². The van der Waals surface area contributed by atoms with Crippen molar-refractivity contribution in [3.05, 3.63) is 11.9 Å². The van der Waals surface area contributed by atoms with Gasteiger partial charge in [0, 0.05) is 0 Å². The lowest BCUT2D eigenvalue weighted by atomic mass is 9.84. The van der Waals surface area contributed by atoms with Gasteiger partial charge in [-0.3, -0.25) is 0 Å². The van der Waals surface area contributed by atoms with Crippen LogP contribution in [0.25, 0.3) is 0 Å². The Kier molecular flexibility index (Phi) is 2.90. The Labute approximate surface area is 82.1 Å². The zero-order valence-electron chi connectivity index (χ0n) is 7.52. The van der Waals surface area contributed by atoms with Gasteiger partial charge in [-0.05, 0) is 25.2 Å². The molecule has 0 spiro atoms. The van der Waals surface area contributed by atoms with Gasteiger partial charge in [-0.25, -0.2) is 0 Å². The Hall–Kier alpha value is -0.480. The van der Waals surface area contributed by atoms with Crippen LogP contribution < -0.4 is 0 Å². The standard InChI is InChI=1S/C9H14N2OS/c12-9-4-2-1-3-7(9)5-8-6-10-13-11-8/h6-7,9,12H,1-5H2/t7-,9+/m0/s1. The number of rotatable bonds is 2. The van der Waals surface area contributed by atoms with E-state index in [0.29, 0.717) is 5.92 Å². The van der Waals surface area contributed by atoms with Crippen molar-refractivity contribution in [2.75, 3.05) is 0 Å². The average Bonchev–Trinajstić information content (AvgIpc) is 2.61. The third-order valence-corrected chi connectivity index (χ3v) is 3.26. The van der Waals surface area contributed by atoms with Gasteiger partial charge in [0.25, 0.3) is 0 Å². The molecule has 0 amide bonds. The van der Waals surface area contributed by atoms with Crippen molar-refractivity contribution in [3.63, 3.8) is 0 Å². The van der Waals surface area contributed by atoms with Crippen LogP contribution in [-0.2, 0) is 6.42 Å². The molecule has 2 atom stereocenters. The van der Waals surface area contributed by atoms with Crippen LogP contribution in [-0.4, -0.2) is 20.0 Å². The highest BCUT2D eigenvalue weighted by Crippen LogP contribution is 2.26. The minimum absolute atomic E-state index is 0.115. The van der Waals surface area contributed by atoms with Crippen LogP contribution in [0.15, 0.2) is 6.20 Å². The summed E-state index contributed by atoms with van der Waals surface area (Å²) in [5, 5.41) is 9.72. The Bertz CT molecular complexity index is 250. The Morgan fingerprint density at radius 2 is 2.31 bits per heavy atom. The lowest BCUT2D eigenvalue weighted by Gasteiger charge is -2.26. The monoisotopic (exact) mass is 198 g/mol. The molecule has 0 unspecified atom stereocenters. The van der Waals surface area contributed by atoms with E-state index in [9.17, 15) is 5.11 Å². The molecular weight excluding hydrogens is 184 g/mol. The molecule has 0 saturated heterocycles. The average molecular weight is 198 g/mol. The molecule has 0 aliphatic heterocycles.